The lowest BCUT2D eigenvalue weighted by atomic mass is 10.2. The lowest BCUT2D eigenvalue weighted by Gasteiger charge is -2.26. The van der Waals surface area contributed by atoms with Gasteiger partial charge in [0.15, 0.2) is 0 Å². The number of methoxy groups -OCH3 is 2. The van der Waals surface area contributed by atoms with Crippen LogP contribution in [0.1, 0.15) is 21.5 Å². The predicted molar refractivity (Wildman–Crippen MR) is 177 cm³/mol. The van der Waals surface area contributed by atoms with Crippen molar-refractivity contribution in [3.8, 4) is 11.5 Å². The summed E-state index contributed by atoms with van der Waals surface area (Å²) in [4.78, 5) is 39.8. The first kappa shape index (κ1) is 32.3. The average molecular weight is 658 g/mol. The van der Waals surface area contributed by atoms with Gasteiger partial charge in [0.1, 0.15) is 11.5 Å². The number of anilines is 1. The molecular weight excluding hydrogens is 627 g/mol. The largest absolute Gasteiger partial charge is 0.497 e. The summed E-state index contributed by atoms with van der Waals surface area (Å²) < 4.78 is 40.0. The summed E-state index contributed by atoms with van der Waals surface area (Å²) in [5, 5.41) is 2.24. The third kappa shape index (κ3) is 7.24. The minimum atomic E-state index is -4.17. The molecule has 1 aliphatic heterocycles. The van der Waals surface area contributed by atoms with E-state index < -0.39 is 27.1 Å². The Bertz CT molecular complexity index is 1880. The van der Waals surface area contributed by atoms with E-state index >= 15 is 0 Å². The number of amides is 3. The van der Waals surface area contributed by atoms with Gasteiger partial charge in [0.2, 0.25) is 0 Å². The van der Waals surface area contributed by atoms with E-state index in [0.29, 0.717) is 17.2 Å². The standard InChI is InChI=1S/C34H31N3O7S2/c1-43-27-17-15-24(16-18-27)21-31-33(39)36(34(40)45-31)20-19-35-32(38)26-11-8-12-28(22-26)46(41,42)37(23-25-9-4-3-5-10-25)29-13-6-7-14-30(29)44-2/h3-18,21-22H,19-20,23H2,1-2H3,(H,35,38)/b31-21-. The van der Waals surface area contributed by atoms with Crippen LogP contribution >= 0.6 is 11.8 Å². The second kappa shape index (κ2) is 14.4. The van der Waals surface area contributed by atoms with E-state index in [4.69, 9.17) is 9.47 Å². The molecule has 46 heavy (non-hydrogen) atoms. The number of sulfonamides is 1. The summed E-state index contributed by atoms with van der Waals surface area (Å²) in [5.74, 6) is 0.0415. The Labute approximate surface area is 271 Å². The van der Waals surface area contributed by atoms with Gasteiger partial charge in [-0.1, -0.05) is 60.7 Å². The fraction of sp³-hybridized carbons (Fsp3) is 0.147. The fourth-order valence-electron chi connectivity index (χ4n) is 4.74. The third-order valence-electron chi connectivity index (χ3n) is 7.12. The molecule has 1 heterocycles. The number of rotatable bonds is 12. The van der Waals surface area contributed by atoms with Gasteiger partial charge in [0.05, 0.1) is 36.3 Å². The summed E-state index contributed by atoms with van der Waals surface area (Å²) in [5.41, 5.74) is 1.95. The Morgan fingerprint density at radius 3 is 2.33 bits per heavy atom. The molecule has 1 fully saturated rings. The summed E-state index contributed by atoms with van der Waals surface area (Å²) in [6.45, 7) is -0.0389. The van der Waals surface area contributed by atoms with Crippen LogP contribution in [0.5, 0.6) is 11.5 Å². The molecule has 1 saturated heterocycles. The van der Waals surface area contributed by atoms with Gasteiger partial charge in [-0.2, -0.15) is 0 Å². The highest BCUT2D eigenvalue weighted by Crippen LogP contribution is 2.34. The summed E-state index contributed by atoms with van der Waals surface area (Å²) in [6.07, 6.45) is 1.63. The molecule has 0 spiro atoms. The second-order valence-electron chi connectivity index (χ2n) is 10.1. The first-order valence-corrected chi connectivity index (χ1v) is 16.4. The van der Waals surface area contributed by atoms with Crippen molar-refractivity contribution in [2.24, 2.45) is 0 Å². The third-order valence-corrected chi connectivity index (χ3v) is 9.78. The van der Waals surface area contributed by atoms with Gasteiger partial charge in [-0.15, -0.1) is 0 Å². The maximum atomic E-state index is 14.1. The van der Waals surface area contributed by atoms with Crippen LogP contribution in [0.2, 0.25) is 0 Å². The van der Waals surface area contributed by atoms with Gasteiger partial charge >= 0.3 is 0 Å². The van der Waals surface area contributed by atoms with E-state index in [1.165, 1.54) is 35.7 Å². The maximum absolute atomic E-state index is 14.1. The number of imide groups is 1. The van der Waals surface area contributed by atoms with Crippen LogP contribution < -0.4 is 19.1 Å². The van der Waals surface area contributed by atoms with Gasteiger partial charge in [-0.05, 0) is 71.4 Å². The highest BCUT2D eigenvalue weighted by atomic mass is 32.2. The molecule has 0 saturated carbocycles. The number of hydrogen-bond acceptors (Lipinski definition) is 8. The number of carbonyl (C=O) groups excluding carboxylic acids is 3. The van der Waals surface area contributed by atoms with Crippen LogP contribution in [0.15, 0.2) is 113 Å². The number of hydrogen-bond donors (Lipinski definition) is 1. The molecule has 0 unspecified atom stereocenters. The van der Waals surface area contributed by atoms with E-state index in [1.807, 2.05) is 30.3 Å². The van der Waals surface area contributed by atoms with E-state index in [-0.39, 0.29) is 35.0 Å². The smallest absolute Gasteiger partial charge is 0.293 e. The highest BCUT2D eigenvalue weighted by molar-refractivity contribution is 8.18. The maximum Gasteiger partial charge on any atom is 0.293 e. The predicted octanol–water partition coefficient (Wildman–Crippen LogP) is 5.57. The molecule has 4 aromatic rings. The quantitative estimate of drug-likeness (QED) is 0.197. The van der Waals surface area contributed by atoms with Crippen LogP contribution in [0, 0.1) is 0 Å². The van der Waals surface area contributed by atoms with Crippen molar-refractivity contribution in [3.05, 3.63) is 125 Å². The molecule has 0 atom stereocenters. The summed E-state index contributed by atoms with van der Waals surface area (Å²) in [6, 6.07) is 28.7. The molecule has 236 valence electrons. The van der Waals surface area contributed by atoms with E-state index in [0.717, 1.165) is 27.8 Å². The van der Waals surface area contributed by atoms with Crippen molar-refractivity contribution in [3.63, 3.8) is 0 Å². The zero-order chi connectivity index (χ0) is 32.7. The van der Waals surface area contributed by atoms with Crippen LogP contribution in [-0.4, -0.2) is 57.7 Å². The number of nitrogens with one attached hydrogen (secondary N) is 1. The number of para-hydroxylation sites is 2. The van der Waals surface area contributed by atoms with Gasteiger partial charge in [-0.25, -0.2) is 8.42 Å². The number of ether oxygens (including phenoxy) is 2. The Morgan fingerprint density at radius 2 is 1.61 bits per heavy atom. The Morgan fingerprint density at radius 1 is 0.891 bits per heavy atom. The van der Waals surface area contributed by atoms with E-state index in [2.05, 4.69) is 5.32 Å². The van der Waals surface area contributed by atoms with Crippen molar-refractivity contribution in [1.82, 2.24) is 10.2 Å². The first-order chi connectivity index (χ1) is 22.2. The monoisotopic (exact) mass is 657 g/mol. The lowest BCUT2D eigenvalue weighted by molar-refractivity contribution is -0.122. The molecular formula is C34H31N3O7S2. The number of thioether (sulfide) groups is 1. The van der Waals surface area contributed by atoms with Crippen LogP contribution in [0.3, 0.4) is 0 Å². The SMILES string of the molecule is COc1ccc(/C=C2\SC(=O)N(CCNC(=O)c3cccc(S(=O)(=O)N(Cc4ccccc4)c4ccccc4OC)c3)C2=O)cc1. The van der Waals surface area contributed by atoms with Crippen LogP contribution in [-0.2, 0) is 21.4 Å². The highest BCUT2D eigenvalue weighted by Gasteiger charge is 2.35. The number of benzene rings is 4. The van der Waals surface area contributed by atoms with Gasteiger partial charge in [-0.3, -0.25) is 23.6 Å². The molecule has 0 bridgehead atoms. The topological polar surface area (TPSA) is 122 Å². The molecule has 1 N–H and O–H groups in total. The van der Waals surface area contributed by atoms with Crippen molar-refractivity contribution >= 4 is 50.6 Å². The van der Waals surface area contributed by atoms with Crippen LogP contribution in [0.25, 0.3) is 6.08 Å². The van der Waals surface area contributed by atoms with Crippen molar-refractivity contribution in [2.75, 3.05) is 31.6 Å². The molecule has 5 rings (SSSR count). The molecule has 1 aliphatic rings. The normalized spacial score (nSPS) is 14.0. The minimum absolute atomic E-state index is 0.0228. The molecule has 0 aliphatic carbocycles. The molecule has 0 radical (unpaired) electrons. The zero-order valence-corrected chi connectivity index (χ0v) is 26.7. The fourth-order valence-corrected chi connectivity index (χ4v) is 7.11. The van der Waals surface area contributed by atoms with Gasteiger partial charge in [0.25, 0.3) is 27.1 Å². The van der Waals surface area contributed by atoms with Gasteiger partial charge in [0, 0.05) is 18.7 Å². The van der Waals surface area contributed by atoms with E-state index in [9.17, 15) is 22.8 Å². The average Bonchev–Trinajstić information content (AvgIpc) is 3.35. The number of nitrogens with zero attached hydrogens (tertiary/aromatic N) is 2. The Balaban J connectivity index is 1.29. The Hall–Kier alpha value is -5.07. The molecule has 4 aromatic carbocycles. The van der Waals surface area contributed by atoms with Gasteiger partial charge < -0.3 is 14.8 Å². The molecule has 10 nitrogen and oxygen atoms in total. The molecule has 0 aromatic heterocycles. The molecule has 3 amide bonds. The number of carbonyl (C=O) groups is 3. The van der Waals surface area contributed by atoms with Crippen molar-refractivity contribution in [2.45, 2.75) is 11.4 Å². The summed E-state index contributed by atoms with van der Waals surface area (Å²) >= 11 is 0.825. The van der Waals surface area contributed by atoms with Crippen molar-refractivity contribution in [1.29, 1.82) is 0 Å². The van der Waals surface area contributed by atoms with E-state index in [1.54, 1.807) is 61.7 Å². The first-order valence-electron chi connectivity index (χ1n) is 14.2. The molecule has 12 heteroatoms. The zero-order valence-electron chi connectivity index (χ0n) is 25.1. The Kier molecular flexibility index (Phi) is 10.1. The lowest BCUT2D eigenvalue weighted by Crippen LogP contribution is -2.37. The second-order valence-corrected chi connectivity index (χ2v) is 12.9. The minimum Gasteiger partial charge on any atom is -0.497 e. The van der Waals surface area contributed by atoms with Crippen LogP contribution in [0.4, 0.5) is 10.5 Å². The summed E-state index contributed by atoms with van der Waals surface area (Å²) in [7, 11) is -1.14. The van der Waals surface area contributed by atoms with Crippen molar-refractivity contribution < 1.29 is 32.3 Å².